The Hall–Kier alpha value is -2.86. The van der Waals surface area contributed by atoms with Crippen molar-refractivity contribution in [1.29, 1.82) is 0 Å². The quantitative estimate of drug-likeness (QED) is 0.553. The summed E-state index contributed by atoms with van der Waals surface area (Å²) in [7, 11) is 2.13. The number of fused-ring (bicyclic) bond motifs is 1. The smallest absolute Gasteiger partial charge is 0.251 e. The summed E-state index contributed by atoms with van der Waals surface area (Å²) in [6.45, 7) is 9.80. The first-order valence-electron chi connectivity index (χ1n) is 13.4. The largest absolute Gasteiger partial charge is 0.388 e. The number of amides is 2. The van der Waals surface area contributed by atoms with Crippen LogP contribution in [0.1, 0.15) is 37.6 Å². The van der Waals surface area contributed by atoms with E-state index in [0.29, 0.717) is 12.0 Å². The maximum atomic E-state index is 13.6. The molecule has 3 saturated heterocycles. The SMILES string of the molecule is CN1CCN(c2nc(-c3ccc(C(=O)N[C@@H](CC(C)(C)C)C(=O)N4C[C@H](O)[C@@H]5OCC(=O)[C@H]54)cc3)cs2)CC1. The third kappa shape index (κ3) is 6.01. The summed E-state index contributed by atoms with van der Waals surface area (Å²) < 4.78 is 5.41. The average molecular weight is 556 g/mol. The van der Waals surface area contributed by atoms with Gasteiger partial charge in [0.15, 0.2) is 10.9 Å². The van der Waals surface area contributed by atoms with Crippen LogP contribution in [-0.4, -0.2) is 108 Å². The molecule has 0 aliphatic carbocycles. The summed E-state index contributed by atoms with van der Waals surface area (Å²) in [4.78, 5) is 50.0. The number of aromatic nitrogens is 1. The van der Waals surface area contributed by atoms with E-state index in [0.717, 1.165) is 42.6 Å². The lowest BCUT2D eigenvalue weighted by molar-refractivity contribution is -0.138. The second-order valence-corrected chi connectivity index (χ2v) is 12.8. The van der Waals surface area contributed by atoms with Crippen LogP contribution in [0.4, 0.5) is 5.13 Å². The molecule has 0 bridgehead atoms. The van der Waals surface area contributed by atoms with Crippen molar-refractivity contribution in [2.45, 2.75) is 51.5 Å². The molecule has 210 valence electrons. The summed E-state index contributed by atoms with van der Waals surface area (Å²) in [5.74, 6) is -0.968. The number of piperazine rings is 1. The molecule has 2 aromatic rings. The summed E-state index contributed by atoms with van der Waals surface area (Å²) in [5.41, 5.74) is 1.95. The van der Waals surface area contributed by atoms with Crippen molar-refractivity contribution in [3.8, 4) is 11.3 Å². The number of thiazole rings is 1. The average Bonchev–Trinajstić information content (AvgIpc) is 3.61. The summed E-state index contributed by atoms with van der Waals surface area (Å²) in [6, 6.07) is 5.56. The number of carbonyl (C=O) groups excluding carboxylic acids is 3. The van der Waals surface area contributed by atoms with Gasteiger partial charge in [0.1, 0.15) is 30.9 Å². The van der Waals surface area contributed by atoms with Crippen LogP contribution in [0.2, 0.25) is 0 Å². The van der Waals surface area contributed by atoms with Gasteiger partial charge in [0, 0.05) is 42.7 Å². The van der Waals surface area contributed by atoms with Crippen LogP contribution in [-0.2, 0) is 14.3 Å². The minimum atomic E-state index is -0.925. The maximum Gasteiger partial charge on any atom is 0.251 e. The first kappa shape index (κ1) is 27.7. The van der Waals surface area contributed by atoms with Crippen LogP contribution >= 0.6 is 11.3 Å². The molecule has 0 radical (unpaired) electrons. The summed E-state index contributed by atoms with van der Waals surface area (Å²) in [5, 5.41) is 16.3. The van der Waals surface area contributed by atoms with E-state index in [9.17, 15) is 19.5 Å². The van der Waals surface area contributed by atoms with Crippen molar-refractivity contribution in [1.82, 2.24) is 20.1 Å². The number of hydrogen-bond donors (Lipinski definition) is 2. The Morgan fingerprint density at radius 3 is 2.54 bits per heavy atom. The number of Topliss-reactive ketones (excluding diaryl/α,β-unsaturated/α-hetero) is 1. The van der Waals surface area contributed by atoms with Crippen LogP contribution in [0.25, 0.3) is 11.3 Å². The number of rotatable bonds is 6. The summed E-state index contributed by atoms with van der Waals surface area (Å²) >= 11 is 1.62. The lowest BCUT2D eigenvalue weighted by Gasteiger charge is -2.32. The molecule has 3 fully saturated rings. The molecular weight excluding hydrogens is 518 g/mol. The molecule has 0 unspecified atom stereocenters. The zero-order valence-electron chi connectivity index (χ0n) is 22.9. The molecule has 39 heavy (non-hydrogen) atoms. The number of nitrogens with one attached hydrogen (secondary N) is 1. The lowest BCUT2D eigenvalue weighted by atomic mass is 9.87. The van der Waals surface area contributed by atoms with E-state index in [1.807, 2.05) is 38.3 Å². The topological polar surface area (TPSA) is 115 Å². The minimum absolute atomic E-state index is 0.00880. The first-order chi connectivity index (χ1) is 18.5. The van der Waals surface area contributed by atoms with Gasteiger partial charge in [-0.3, -0.25) is 14.4 Å². The molecule has 1 aromatic heterocycles. The van der Waals surface area contributed by atoms with Gasteiger partial charge in [0.05, 0.1) is 12.2 Å². The van der Waals surface area contributed by atoms with Gasteiger partial charge >= 0.3 is 0 Å². The van der Waals surface area contributed by atoms with E-state index in [4.69, 9.17) is 9.72 Å². The zero-order valence-corrected chi connectivity index (χ0v) is 23.7. The van der Waals surface area contributed by atoms with Gasteiger partial charge in [0.25, 0.3) is 5.91 Å². The van der Waals surface area contributed by atoms with Gasteiger partial charge in [0.2, 0.25) is 5.91 Å². The predicted molar refractivity (Wildman–Crippen MR) is 149 cm³/mol. The third-order valence-electron chi connectivity index (χ3n) is 7.57. The number of anilines is 1. The monoisotopic (exact) mass is 555 g/mol. The van der Waals surface area contributed by atoms with Crippen molar-refractivity contribution < 1.29 is 24.2 Å². The minimum Gasteiger partial charge on any atom is -0.388 e. The Labute approximate surface area is 232 Å². The normalized spacial score (nSPS) is 24.6. The predicted octanol–water partition coefficient (Wildman–Crippen LogP) is 1.64. The highest BCUT2D eigenvalue weighted by Crippen LogP contribution is 2.31. The number of likely N-dealkylation sites (tertiary alicyclic amines) is 1. The van der Waals surface area contributed by atoms with Gasteiger partial charge in [-0.05, 0) is 31.0 Å². The molecule has 3 aliphatic heterocycles. The van der Waals surface area contributed by atoms with E-state index in [1.165, 1.54) is 4.90 Å². The number of benzene rings is 1. The third-order valence-corrected chi connectivity index (χ3v) is 8.47. The van der Waals surface area contributed by atoms with Crippen LogP contribution in [0.15, 0.2) is 29.6 Å². The molecule has 11 heteroatoms. The van der Waals surface area contributed by atoms with Crippen molar-refractivity contribution in [2.75, 3.05) is 51.3 Å². The molecule has 4 heterocycles. The number of β-amino-alcohol motifs (C(OH)–C–C–N with tert-alkyl or cyclic N) is 1. The second-order valence-electron chi connectivity index (χ2n) is 11.9. The number of ketones is 1. The molecule has 2 amide bonds. The molecule has 0 saturated carbocycles. The Kier molecular flexibility index (Phi) is 7.78. The highest BCUT2D eigenvalue weighted by molar-refractivity contribution is 7.14. The fourth-order valence-electron chi connectivity index (χ4n) is 5.44. The molecular formula is C28H37N5O5S. The van der Waals surface area contributed by atoms with Crippen molar-refractivity contribution in [3.63, 3.8) is 0 Å². The van der Waals surface area contributed by atoms with Gasteiger partial charge in [-0.2, -0.15) is 0 Å². The highest BCUT2D eigenvalue weighted by atomic mass is 32.1. The van der Waals surface area contributed by atoms with E-state index in [2.05, 4.69) is 22.2 Å². The second kappa shape index (κ2) is 11.0. The van der Waals surface area contributed by atoms with Gasteiger partial charge < -0.3 is 29.9 Å². The Balaban J connectivity index is 1.28. The van der Waals surface area contributed by atoms with Crippen molar-refractivity contribution in [2.24, 2.45) is 5.41 Å². The number of carbonyl (C=O) groups is 3. The molecule has 10 nitrogen and oxygen atoms in total. The van der Waals surface area contributed by atoms with E-state index in [-0.39, 0.29) is 36.2 Å². The van der Waals surface area contributed by atoms with Gasteiger partial charge in [-0.15, -0.1) is 11.3 Å². The molecule has 0 spiro atoms. The molecule has 4 atom stereocenters. The number of nitrogens with zero attached hydrogens (tertiary/aromatic N) is 4. The molecule has 2 N–H and O–H groups in total. The highest BCUT2D eigenvalue weighted by Gasteiger charge is 2.53. The van der Waals surface area contributed by atoms with Crippen LogP contribution in [0, 0.1) is 5.41 Å². The molecule has 5 rings (SSSR count). The van der Waals surface area contributed by atoms with Gasteiger partial charge in [-0.1, -0.05) is 32.9 Å². The Bertz CT molecular complexity index is 1220. The molecule has 3 aliphatic rings. The fraction of sp³-hybridized carbons (Fsp3) is 0.571. The molecule has 1 aromatic carbocycles. The fourth-order valence-corrected chi connectivity index (χ4v) is 6.33. The lowest BCUT2D eigenvalue weighted by Crippen LogP contribution is -2.53. The zero-order chi connectivity index (χ0) is 27.9. The number of aliphatic hydroxyl groups excluding tert-OH is 1. The van der Waals surface area contributed by atoms with E-state index >= 15 is 0 Å². The van der Waals surface area contributed by atoms with E-state index in [1.54, 1.807) is 23.5 Å². The number of ether oxygens (including phenoxy) is 1. The van der Waals surface area contributed by atoms with E-state index < -0.39 is 24.3 Å². The van der Waals surface area contributed by atoms with Crippen LogP contribution < -0.4 is 10.2 Å². The van der Waals surface area contributed by atoms with Crippen LogP contribution in [0.3, 0.4) is 0 Å². The van der Waals surface area contributed by atoms with Crippen molar-refractivity contribution in [3.05, 3.63) is 35.2 Å². The number of likely N-dealkylation sites (N-methyl/N-ethyl adjacent to an activating group) is 1. The Morgan fingerprint density at radius 2 is 1.87 bits per heavy atom. The summed E-state index contributed by atoms with van der Waals surface area (Å²) in [6.07, 6.45) is -1.25. The van der Waals surface area contributed by atoms with Crippen LogP contribution in [0.5, 0.6) is 0 Å². The Morgan fingerprint density at radius 1 is 1.18 bits per heavy atom. The first-order valence-corrected chi connectivity index (χ1v) is 14.3. The van der Waals surface area contributed by atoms with Crippen molar-refractivity contribution >= 4 is 34.1 Å². The number of hydrogen-bond acceptors (Lipinski definition) is 9. The standard InChI is InChI=1S/C28H37N5O5S/c1-28(2,3)13-19(26(37)33-14-21(34)24-23(33)22(35)15-38-24)29-25(36)18-7-5-17(6-8-18)20-16-39-27(30-20)32-11-9-31(4)10-12-32/h5-8,16,19,21,23-24,34H,9-15H2,1-4H3,(H,29,36)/t19-,21-,23+,24-/m0/s1. The number of aliphatic hydroxyl groups is 1. The van der Waals surface area contributed by atoms with Gasteiger partial charge in [-0.25, -0.2) is 4.98 Å². The maximum absolute atomic E-state index is 13.6.